The number of hydrogen-bond donors (Lipinski definition) is 2. The van der Waals surface area contributed by atoms with E-state index in [9.17, 15) is 14.4 Å². The number of hydroxylamine groups is 2. The van der Waals surface area contributed by atoms with E-state index >= 15 is 0 Å². The van der Waals surface area contributed by atoms with Crippen LogP contribution in [0.15, 0.2) is 0 Å². The first-order valence-electron chi connectivity index (χ1n) is 4.90. The van der Waals surface area contributed by atoms with Crippen LogP contribution in [0.5, 0.6) is 0 Å². The molecule has 1 aliphatic rings. The Balaban J connectivity index is 2.23. The van der Waals surface area contributed by atoms with Gasteiger partial charge in [-0.1, -0.05) is 9.39 Å². The van der Waals surface area contributed by atoms with Crippen molar-refractivity contribution in [1.29, 1.82) is 0 Å². The van der Waals surface area contributed by atoms with Crippen LogP contribution in [0.1, 0.15) is 25.7 Å². The minimum absolute atomic E-state index is 0.116. The number of nitrogens with one attached hydrogen (secondary N) is 2. The fourth-order valence-electron chi connectivity index (χ4n) is 1.20. The molecule has 0 aliphatic carbocycles. The van der Waals surface area contributed by atoms with Crippen molar-refractivity contribution >= 4 is 27.2 Å². The molecular weight excluding hydrogens is 233 g/mol. The van der Waals surface area contributed by atoms with Crippen molar-refractivity contribution in [3.63, 3.8) is 0 Å². The lowest BCUT2D eigenvalue weighted by Crippen LogP contribution is -2.32. The van der Waals surface area contributed by atoms with E-state index in [4.69, 9.17) is 0 Å². The highest BCUT2D eigenvalue weighted by molar-refractivity contribution is 7.13. The van der Waals surface area contributed by atoms with E-state index in [0.29, 0.717) is 18.0 Å². The number of carbonyl (C=O) groups excluding carboxylic acids is 3. The van der Waals surface area contributed by atoms with Gasteiger partial charge in [-0.25, -0.2) is 9.99 Å². The Bertz CT molecular complexity index is 281. The molecule has 16 heavy (non-hydrogen) atoms. The highest BCUT2D eigenvalue weighted by Gasteiger charge is 2.32. The predicted molar refractivity (Wildman–Crippen MR) is 57.3 cm³/mol. The molecule has 0 saturated carbocycles. The molecule has 1 rings (SSSR count). The van der Waals surface area contributed by atoms with Crippen LogP contribution in [0.3, 0.4) is 0 Å². The van der Waals surface area contributed by atoms with Gasteiger partial charge in [0.05, 0.1) is 0 Å². The van der Waals surface area contributed by atoms with Crippen LogP contribution < -0.4 is 10.6 Å². The van der Waals surface area contributed by atoms with Gasteiger partial charge in [-0.3, -0.25) is 15.0 Å². The molecule has 0 radical (unpaired) electrons. The average Bonchev–Trinajstić information content (AvgIpc) is 2.56. The Morgan fingerprint density at radius 2 is 2.00 bits per heavy atom. The van der Waals surface area contributed by atoms with Gasteiger partial charge >= 0.3 is 5.97 Å². The van der Waals surface area contributed by atoms with Gasteiger partial charge in [0.1, 0.15) is 0 Å². The molecule has 1 saturated heterocycles. The summed E-state index contributed by atoms with van der Waals surface area (Å²) in [5.74, 6) is -1.49. The van der Waals surface area contributed by atoms with E-state index in [0.717, 1.165) is 0 Å². The summed E-state index contributed by atoms with van der Waals surface area (Å²) < 4.78 is 0. The normalized spacial score (nSPS) is 15.7. The maximum atomic E-state index is 11.2. The molecule has 0 spiro atoms. The smallest absolute Gasteiger partial charge is 0.330 e. The maximum Gasteiger partial charge on any atom is 0.333 e. The number of amides is 2. The first kappa shape index (κ1) is 13.0. The third kappa shape index (κ3) is 3.84. The molecule has 0 bridgehead atoms. The summed E-state index contributed by atoms with van der Waals surface area (Å²) >= 11 is 0. The number of carbonyl (C=O) groups is 3. The van der Waals surface area contributed by atoms with E-state index < -0.39 is 17.8 Å². The van der Waals surface area contributed by atoms with Gasteiger partial charge in [0.25, 0.3) is 11.8 Å². The molecule has 2 amide bonds. The monoisotopic (exact) mass is 247 g/mol. The Morgan fingerprint density at radius 3 is 2.56 bits per heavy atom. The van der Waals surface area contributed by atoms with Crippen molar-refractivity contribution in [3.8, 4) is 0 Å². The summed E-state index contributed by atoms with van der Waals surface area (Å²) in [7, 11) is 2.26. The van der Waals surface area contributed by atoms with Crippen LogP contribution in [0.2, 0.25) is 0 Å². The van der Waals surface area contributed by atoms with Crippen LogP contribution in [0.4, 0.5) is 0 Å². The molecule has 1 unspecified atom stereocenters. The quantitative estimate of drug-likeness (QED) is 0.278. The Hall–Kier alpha value is -1.04. The second-order valence-electron chi connectivity index (χ2n) is 3.22. The van der Waals surface area contributed by atoms with E-state index in [-0.39, 0.29) is 19.3 Å². The summed E-state index contributed by atoms with van der Waals surface area (Å²) in [6, 6.07) is 0. The molecule has 8 heteroatoms. The highest BCUT2D eigenvalue weighted by atomic mass is 31.0. The molecule has 1 atom stereocenters. The van der Waals surface area contributed by atoms with Crippen LogP contribution >= 0.6 is 9.39 Å². The number of imide groups is 1. The van der Waals surface area contributed by atoms with Crippen molar-refractivity contribution in [2.45, 2.75) is 25.7 Å². The number of hydrogen-bond acceptors (Lipinski definition) is 6. The number of rotatable bonds is 6. The summed E-state index contributed by atoms with van der Waals surface area (Å²) in [6.45, 7) is 0.584. The van der Waals surface area contributed by atoms with Crippen LogP contribution in [-0.2, 0) is 19.2 Å². The van der Waals surface area contributed by atoms with E-state index in [1.54, 1.807) is 0 Å². The van der Waals surface area contributed by atoms with Crippen molar-refractivity contribution in [3.05, 3.63) is 0 Å². The summed E-state index contributed by atoms with van der Waals surface area (Å²) in [6.07, 6.45) is 0.933. The maximum absolute atomic E-state index is 11.2. The van der Waals surface area contributed by atoms with Crippen molar-refractivity contribution in [2.75, 3.05) is 6.54 Å². The summed E-state index contributed by atoms with van der Waals surface area (Å²) in [4.78, 5) is 38.1. The van der Waals surface area contributed by atoms with Gasteiger partial charge in [-0.05, 0) is 6.42 Å². The van der Waals surface area contributed by atoms with Gasteiger partial charge in [-0.15, -0.1) is 5.06 Å². The van der Waals surface area contributed by atoms with E-state index in [1.807, 2.05) is 0 Å². The lowest BCUT2D eigenvalue weighted by atomic mass is 10.3. The number of hydrazine groups is 1. The minimum atomic E-state index is -0.575. The van der Waals surface area contributed by atoms with Crippen LogP contribution in [-0.4, -0.2) is 29.4 Å². The lowest BCUT2D eigenvalue weighted by Gasteiger charge is -2.12. The van der Waals surface area contributed by atoms with Crippen molar-refractivity contribution in [1.82, 2.24) is 15.7 Å². The second kappa shape index (κ2) is 6.52. The second-order valence-corrected chi connectivity index (χ2v) is 3.51. The highest BCUT2D eigenvalue weighted by Crippen LogP contribution is 2.12. The van der Waals surface area contributed by atoms with E-state index in [1.165, 1.54) is 0 Å². The zero-order valence-electron chi connectivity index (χ0n) is 8.69. The summed E-state index contributed by atoms with van der Waals surface area (Å²) in [5, 5.41) is 3.18. The molecule has 1 heterocycles. The molecule has 0 aromatic rings. The van der Waals surface area contributed by atoms with Crippen molar-refractivity contribution < 1.29 is 19.2 Å². The number of nitrogens with zero attached hydrogens (tertiary/aromatic N) is 1. The van der Waals surface area contributed by atoms with Gasteiger partial charge < -0.3 is 4.84 Å². The zero-order valence-corrected chi connectivity index (χ0v) is 9.85. The third-order valence-corrected chi connectivity index (χ3v) is 2.19. The van der Waals surface area contributed by atoms with Crippen molar-refractivity contribution in [2.24, 2.45) is 0 Å². The molecule has 1 fully saturated rings. The molecule has 2 N–H and O–H groups in total. The van der Waals surface area contributed by atoms with E-state index in [2.05, 4.69) is 24.9 Å². The largest absolute Gasteiger partial charge is 0.333 e. The minimum Gasteiger partial charge on any atom is -0.330 e. The van der Waals surface area contributed by atoms with Gasteiger partial charge in [0, 0.05) is 25.8 Å². The third-order valence-electron chi connectivity index (χ3n) is 1.98. The molecule has 7 nitrogen and oxygen atoms in total. The Morgan fingerprint density at radius 1 is 1.38 bits per heavy atom. The lowest BCUT2D eigenvalue weighted by molar-refractivity contribution is -0.197. The van der Waals surface area contributed by atoms with Gasteiger partial charge in [0.2, 0.25) is 0 Å². The van der Waals surface area contributed by atoms with Gasteiger partial charge in [-0.2, -0.15) is 0 Å². The molecule has 1 aliphatic heterocycles. The Kier molecular flexibility index (Phi) is 5.31. The SMILES string of the molecule is O=C(CCCNNP)ON1C(=O)CCC1=O. The fraction of sp³-hybridized carbons (Fsp3) is 0.625. The fourth-order valence-corrected chi connectivity index (χ4v) is 1.34. The average molecular weight is 247 g/mol. The molecular formula is C8H14N3O4P. The summed E-state index contributed by atoms with van der Waals surface area (Å²) in [5.41, 5.74) is 2.77. The first-order valence-corrected chi connectivity index (χ1v) is 5.48. The molecule has 90 valence electrons. The predicted octanol–water partition coefficient (Wildman–Crippen LogP) is -0.742. The zero-order chi connectivity index (χ0) is 12.0. The topological polar surface area (TPSA) is 87.7 Å². The van der Waals surface area contributed by atoms with Gasteiger partial charge in [0.15, 0.2) is 0 Å². The first-order chi connectivity index (χ1) is 7.65. The molecule has 0 aromatic carbocycles. The van der Waals surface area contributed by atoms with Crippen LogP contribution in [0, 0.1) is 0 Å². The van der Waals surface area contributed by atoms with Crippen LogP contribution in [0.25, 0.3) is 0 Å². The standard InChI is InChI=1S/C8H14N3O4P/c12-6-3-4-7(13)11(6)15-8(14)2-1-5-9-10-16/h9-10H,1-5,16H2. The Labute approximate surface area is 95.1 Å². The molecule has 0 aromatic heterocycles.